The van der Waals surface area contributed by atoms with Gasteiger partial charge in [-0.2, -0.15) is 4.57 Å². The smallest absolute Gasteiger partial charge is 0.308 e. The third-order valence-corrected chi connectivity index (χ3v) is 5.03. The highest BCUT2D eigenvalue weighted by atomic mass is 16.6. The maximum absolute atomic E-state index is 11.4. The van der Waals surface area contributed by atoms with Crippen LogP contribution in [0.15, 0.2) is 36.5 Å². The predicted octanol–water partition coefficient (Wildman–Crippen LogP) is 3.30. The minimum Gasteiger partial charge on any atom is -0.493 e. The lowest BCUT2D eigenvalue weighted by atomic mass is 9.95. The van der Waals surface area contributed by atoms with E-state index in [-0.39, 0.29) is 5.97 Å². The molecule has 1 aliphatic heterocycles. The second kappa shape index (κ2) is 7.03. The van der Waals surface area contributed by atoms with Gasteiger partial charge in [-0.3, -0.25) is 4.79 Å². The van der Waals surface area contributed by atoms with E-state index in [1.165, 1.54) is 12.5 Å². The Morgan fingerprint density at radius 3 is 2.18 bits per heavy atom. The molecule has 28 heavy (non-hydrogen) atoms. The second-order valence-corrected chi connectivity index (χ2v) is 6.69. The molecule has 4 rings (SSSR count). The zero-order valence-electron chi connectivity index (χ0n) is 16.4. The molecule has 3 aromatic rings. The zero-order valence-corrected chi connectivity index (χ0v) is 16.4. The van der Waals surface area contributed by atoms with Gasteiger partial charge in [0, 0.05) is 24.8 Å². The fraction of sp³-hybridized carbons (Fsp3) is 0.273. The maximum atomic E-state index is 11.4. The SMILES string of the molecule is COc1cc2c(cc1OC)-c1cc3cc(OC)c(OC(C)=O)cc3c[n+]1CC2. The van der Waals surface area contributed by atoms with Crippen molar-refractivity contribution >= 4 is 16.7 Å². The van der Waals surface area contributed by atoms with Crippen LogP contribution in [0, 0.1) is 0 Å². The summed E-state index contributed by atoms with van der Waals surface area (Å²) in [6.45, 7) is 2.23. The molecule has 1 aliphatic rings. The van der Waals surface area contributed by atoms with E-state index >= 15 is 0 Å². The van der Waals surface area contributed by atoms with E-state index in [1.807, 2.05) is 24.3 Å². The maximum Gasteiger partial charge on any atom is 0.308 e. The standard InChI is InChI=1S/C22H22NO5/c1-13(24)28-22-10-16-12-23-6-5-14-8-19(25-2)21(27-4)11-17(14)18(23)7-15(16)9-20(22)26-3/h7-12H,5-6H2,1-4H3/q+1. The van der Waals surface area contributed by atoms with Crippen molar-refractivity contribution in [1.82, 2.24) is 0 Å². The van der Waals surface area contributed by atoms with E-state index in [0.29, 0.717) is 17.2 Å². The Morgan fingerprint density at radius 1 is 0.857 bits per heavy atom. The van der Waals surface area contributed by atoms with Gasteiger partial charge in [0.25, 0.3) is 0 Å². The van der Waals surface area contributed by atoms with E-state index < -0.39 is 0 Å². The van der Waals surface area contributed by atoms with Gasteiger partial charge in [0.05, 0.1) is 26.9 Å². The van der Waals surface area contributed by atoms with E-state index in [1.54, 1.807) is 21.3 Å². The number of carbonyl (C=O) groups excluding carboxylic acids is 1. The van der Waals surface area contributed by atoms with Crippen LogP contribution in [0.3, 0.4) is 0 Å². The number of rotatable bonds is 4. The number of hydrogen-bond acceptors (Lipinski definition) is 5. The molecule has 0 N–H and O–H groups in total. The van der Waals surface area contributed by atoms with Crippen molar-refractivity contribution in [3.05, 3.63) is 42.1 Å². The molecule has 144 valence electrons. The number of nitrogens with zero attached hydrogens (tertiary/aromatic N) is 1. The minimum atomic E-state index is -0.377. The molecule has 0 fully saturated rings. The molecule has 1 aromatic heterocycles. The number of ether oxygens (including phenoxy) is 4. The van der Waals surface area contributed by atoms with Crippen molar-refractivity contribution in [2.75, 3.05) is 21.3 Å². The van der Waals surface area contributed by atoms with Crippen molar-refractivity contribution in [3.8, 4) is 34.3 Å². The average molecular weight is 380 g/mol. The molecule has 0 aliphatic carbocycles. The Morgan fingerprint density at radius 2 is 1.50 bits per heavy atom. The summed E-state index contributed by atoms with van der Waals surface area (Å²) in [5, 5.41) is 1.98. The van der Waals surface area contributed by atoms with Crippen molar-refractivity contribution in [1.29, 1.82) is 0 Å². The zero-order chi connectivity index (χ0) is 19.8. The van der Waals surface area contributed by atoms with Crippen LogP contribution >= 0.6 is 0 Å². The van der Waals surface area contributed by atoms with Crippen molar-refractivity contribution in [2.45, 2.75) is 19.9 Å². The third-order valence-electron chi connectivity index (χ3n) is 5.03. The van der Waals surface area contributed by atoms with Crippen LogP contribution in [0.5, 0.6) is 23.0 Å². The van der Waals surface area contributed by atoms with Gasteiger partial charge in [-0.15, -0.1) is 0 Å². The van der Waals surface area contributed by atoms with Crippen LogP contribution in [0.25, 0.3) is 22.0 Å². The van der Waals surface area contributed by atoms with Gasteiger partial charge in [0.2, 0.25) is 5.69 Å². The predicted molar refractivity (Wildman–Crippen MR) is 104 cm³/mol. The number of carbonyl (C=O) groups is 1. The molecule has 0 saturated heterocycles. The summed E-state index contributed by atoms with van der Waals surface area (Å²) >= 11 is 0. The molecule has 0 radical (unpaired) electrons. The number of esters is 1. The first-order valence-electron chi connectivity index (χ1n) is 9.03. The summed E-state index contributed by atoms with van der Waals surface area (Å²) in [6.07, 6.45) is 2.97. The average Bonchev–Trinajstić information content (AvgIpc) is 2.70. The number of aromatic nitrogens is 1. The van der Waals surface area contributed by atoms with Crippen LogP contribution in [0.4, 0.5) is 0 Å². The van der Waals surface area contributed by atoms with Gasteiger partial charge in [0.1, 0.15) is 0 Å². The molecule has 0 amide bonds. The lowest BCUT2D eigenvalue weighted by Gasteiger charge is -2.18. The van der Waals surface area contributed by atoms with Crippen molar-refractivity contribution in [3.63, 3.8) is 0 Å². The number of hydrogen-bond donors (Lipinski definition) is 0. The molecular weight excluding hydrogens is 358 g/mol. The normalized spacial score (nSPS) is 12.1. The summed E-state index contributed by atoms with van der Waals surface area (Å²) in [6, 6.07) is 9.93. The van der Waals surface area contributed by atoms with E-state index in [9.17, 15) is 4.79 Å². The van der Waals surface area contributed by atoms with Crippen LogP contribution in [0.2, 0.25) is 0 Å². The molecule has 0 atom stereocenters. The lowest BCUT2D eigenvalue weighted by Crippen LogP contribution is -2.40. The summed E-state index contributed by atoms with van der Waals surface area (Å²) < 4.78 is 23.9. The molecule has 0 unspecified atom stereocenters. The van der Waals surface area contributed by atoms with Crippen molar-refractivity contribution in [2.24, 2.45) is 0 Å². The largest absolute Gasteiger partial charge is 0.493 e. The Balaban J connectivity index is 1.90. The Kier molecular flexibility index (Phi) is 4.55. The molecule has 2 heterocycles. The molecule has 6 nitrogen and oxygen atoms in total. The summed E-state index contributed by atoms with van der Waals surface area (Å²) in [7, 11) is 4.85. The van der Waals surface area contributed by atoms with Gasteiger partial charge in [-0.1, -0.05) is 0 Å². The number of pyridine rings is 1. The number of fused-ring (bicyclic) bond motifs is 4. The van der Waals surface area contributed by atoms with Crippen LogP contribution in [-0.2, 0) is 17.8 Å². The van der Waals surface area contributed by atoms with Gasteiger partial charge < -0.3 is 18.9 Å². The fourth-order valence-electron chi connectivity index (χ4n) is 3.71. The van der Waals surface area contributed by atoms with Crippen LogP contribution in [0.1, 0.15) is 12.5 Å². The fourth-order valence-corrected chi connectivity index (χ4v) is 3.71. The molecule has 0 spiro atoms. The molecule has 6 heteroatoms. The molecule has 0 bridgehead atoms. The quantitative estimate of drug-likeness (QED) is 0.395. The Hall–Kier alpha value is -3.28. The Bertz CT molecular complexity index is 1090. The topological polar surface area (TPSA) is 57.9 Å². The first-order valence-corrected chi connectivity index (χ1v) is 9.03. The highest BCUT2D eigenvalue weighted by molar-refractivity contribution is 5.88. The number of benzene rings is 2. The lowest BCUT2D eigenvalue weighted by molar-refractivity contribution is -0.686. The molecule has 0 saturated carbocycles. The first kappa shape index (κ1) is 18.1. The highest BCUT2D eigenvalue weighted by Gasteiger charge is 2.26. The van der Waals surface area contributed by atoms with Crippen molar-refractivity contribution < 1.29 is 28.3 Å². The Labute approximate surface area is 163 Å². The van der Waals surface area contributed by atoms with E-state index in [4.69, 9.17) is 18.9 Å². The van der Waals surface area contributed by atoms with Gasteiger partial charge in [0.15, 0.2) is 35.7 Å². The van der Waals surface area contributed by atoms with Gasteiger partial charge in [-0.05, 0) is 35.2 Å². The summed E-state index contributed by atoms with van der Waals surface area (Å²) in [5.74, 6) is 2.01. The summed E-state index contributed by atoms with van der Waals surface area (Å²) in [5.41, 5.74) is 3.44. The van der Waals surface area contributed by atoms with Crippen LogP contribution < -0.4 is 23.5 Å². The number of aryl methyl sites for hydroxylation is 2. The third kappa shape index (κ3) is 3.01. The van der Waals surface area contributed by atoms with E-state index in [0.717, 1.165) is 40.7 Å². The minimum absolute atomic E-state index is 0.377. The van der Waals surface area contributed by atoms with Gasteiger partial charge >= 0.3 is 5.97 Å². The second-order valence-electron chi connectivity index (χ2n) is 6.69. The summed E-state index contributed by atoms with van der Waals surface area (Å²) in [4.78, 5) is 11.4. The van der Waals surface area contributed by atoms with E-state index in [2.05, 4.69) is 16.8 Å². The monoisotopic (exact) mass is 380 g/mol. The van der Waals surface area contributed by atoms with Gasteiger partial charge in [-0.25, -0.2) is 0 Å². The molecular formula is C22H22NO5+. The first-order chi connectivity index (χ1) is 13.5. The number of methoxy groups -OCH3 is 3. The highest BCUT2D eigenvalue weighted by Crippen LogP contribution is 2.38. The molecule has 2 aromatic carbocycles. The van der Waals surface area contributed by atoms with Crippen LogP contribution in [-0.4, -0.2) is 27.3 Å².